The highest BCUT2D eigenvalue weighted by Crippen LogP contribution is 2.45. The predicted molar refractivity (Wildman–Crippen MR) is 26.2 cm³/mol. The SMILES string of the molecule is [CH2]C(F)(F)C(F)(F)C(F)(F)CF. The molecule has 7 heteroatoms. The van der Waals surface area contributed by atoms with Crippen molar-refractivity contribution >= 4 is 0 Å². The number of hydrogen-bond acceptors (Lipinski definition) is 0. The molecule has 0 aromatic rings. The van der Waals surface area contributed by atoms with Gasteiger partial charge in [0.15, 0.2) is 6.67 Å². The first kappa shape index (κ1) is 11.5. The van der Waals surface area contributed by atoms with Crippen LogP contribution in [0.5, 0.6) is 0 Å². The van der Waals surface area contributed by atoms with Gasteiger partial charge in [-0.1, -0.05) is 0 Å². The Bertz CT molecular complexity index is 156. The lowest BCUT2D eigenvalue weighted by atomic mass is 10.1. The number of hydrogen-bond donors (Lipinski definition) is 0. The van der Waals surface area contributed by atoms with E-state index in [0.29, 0.717) is 0 Å². The monoisotopic (exact) mass is 197 g/mol. The Hall–Kier alpha value is -0.490. The van der Waals surface area contributed by atoms with E-state index < -0.39 is 24.4 Å². The van der Waals surface area contributed by atoms with Crippen molar-refractivity contribution in [2.24, 2.45) is 0 Å². The fourth-order valence-corrected chi connectivity index (χ4v) is 0.351. The summed E-state index contributed by atoms with van der Waals surface area (Å²) in [6.07, 6.45) is 0. The van der Waals surface area contributed by atoms with Gasteiger partial charge in [-0.3, -0.25) is 0 Å². The zero-order valence-corrected chi connectivity index (χ0v) is 5.56. The smallest absolute Gasteiger partial charge is 0.244 e. The summed E-state index contributed by atoms with van der Waals surface area (Å²) >= 11 is 0. The van der Waals surface area contributed by atoms with E-state index in [-0.39, 0.29) is 0 Å². The quantitative estimate of drug-likeness (QED) is 0.610. The second-order valence-electron chi connectivity index (χ2n) is 2.12. The van der Waals surface area contributed by atoms with Crippen LogP contribution < -0.4 is 0 Å². The molecule has 1 radical (unpaired) electrons. The van der Waals surface area contributed by atoms with Crippen molar-refractivity contribution in [3.63, 3.8) is 0 Å². The molecule has 0 nitrogen and oxygen atoms in total. The average molecular weight is 197 g/mol. The fraction of sp³-hybridized carbons (Fsp3) is 0.800. The van der Waals surface area contributed by atoms with Crippen LogP contribution in [0.15, 0.2) is 0 Å². The van der Waals surface area contributed by atoms with Crippen molar-refractivity contribution in [3.8, 4) is 0 Å². The summed E-state index contributed by atoms with van der Waals surface area (Å²) < 4.78 is 81.9. The Morgan fingerprint density at radius 1 is 0.917 bits per heavy atom. The molecule has 0 aromatic carbocycles. The van der Waals surface area contributed by atoms with Gasteiger partial charge >= 0.3 is 17.8 Å². The van der Waals surface area contributed by atoms with Crippen LogP contribution in [0.4, 0.5) is 30.7 Å². The van der Waals surface area contributed by atoms with Crippen molar-refractivity contribution in [1.29, 1.82) is 0 Å². The summed E-state index contributed by atoms with van der Waals surface area (Å²) in [5.74, 6) is -16.4. The van der Waals surface area contributed by atoms with Crippen LogP contribution in [0.25, 0.3) is 0 Å². The van der Waals surface area contributed by atoms with Crippen LogP contribution in [0.3, 0.4) is 0 Å². The first-order valence-corrected chi connectivity index (χ1v) is 2.61. The summed E-state index contributed by atoms with van der Waals surface area (Å²) in [5, 5.41) is 0. The van der Waals surface area contributed by atoms with E-state index >= 15 is 0 Å². The summed E-state index contributed by atoms with van der Waals surface area (Å²) in [6, 6.07) is 0. The molecule has 0 fully saturated rings. The molecule has 0 unspecified atom stereocenters. The maximum absolute atomic E-state index is 11.9. The molecule has 0 heterocycles. The van der Waals surface area contributed by atoms with Crippen LogP contribution in [-0.4, -0.2) is 24.4 Å². The molecule has 0 aliphatic heterocycles. The minimum absolute atomic E-state index is 1.53. The second kappa shape index (κ2) is 2.77. The highest BCUT2D eigenvalue weighted by Gasteiger charge is 2.69. The van der Waals surface area contributed by atoms with Crippen molar-refractivity contribution < 1.29 is 30.7 Å². The average Bonchev–Trinajstić information content (AvgIpc) is 1.85. The van der Waals surface area contributed by atoms with Gasteiger partial charge in [0.05, 0.1) is 0 Å². The minimum Gasteiger partial charge on any atom is -0.244 e. The maximum atomic E-state index is 11.9. The van der Waals surface area contributed by atoms with E-state index in [1.165, 1.54) is 6.92 Å². The van der Waals surface area contributed by atoms with E-state index in [4.69, 9.17) is 0 Å². The van der Waals surface area contributed by atoms with Crippen LogP contribution >= 0.6 is 0 Å². The van der Waals surface area contributed by atoms with Gasteiger partial charge in [-0.05, 0) is 0 Å². The molecule has 0 amide bonds. The van der Waals surface area contributed by atoms with Crippen LogP contribution in [0.2, 0.25) is 0 Å². The summed E-state index contributed by atoms with van der Waals surface area (Å²) in [7, 11) is 0. The maximum Gasteiger partial charge on any atom is 0.374 e. The molecule has 0 atom stereocenters. The van der Waals surface area contributed by atoms with Gasteiger partial charge in [-0.25, -0.2) is 4.39 Å². The van der Waals surface area contributed by atoms with Crippen LogP contribution in [0.1, 0.15) is 0 Å². The highest BCUT2D eigenvalue weighted by atomic mass is 19.3. The summed E-state index contributed by atoms with van der Waals surface area (Å²) in [6.45, 7) is -1.33. The van der Waals surface area contributed by atoms with Gasteiger partial charge in [-0.2, -0.15) is 26.3 Å². The van der Waals surface area contributed by atoms with Crippen molar-refractivity contribution in [2.45, 2.75) is 17.8 Å². The van der Waals surface area contributed by atoms with Crippen LogP contribution in [-0.2, 0) is 0 Å². The number of halogens is 7. The van der Waals surface area contributed by atoms with Crippen molar-refractivity contribution in [1.82, 2.24) is 0 Å². The van der Waals surface area contributed by atoms with Gasteiger partial charge < -0.3 is 0 Å². The summed E-state index contributed by atoms with van der Waals surface area (Å²) in [4.78, 5) is 0. The molecule has 0 aliphatic rings. The zero-order chi connectivity index (χ0) is 10.2. The Kier molecular flexibility index (Phi) is 2.66. The van der Waals surface area contributed by atoms with E-state index in [9.17, 15) is 30.7 Å². The van der Waals surface area contributed by atoms with Gasteiger partial charge in [0.25, 0.3) is 0 Å². The van der Waals surface area contributed by atoms with Gasteiger partial charge in [0, 0.05) is 6.92 Å². The predicted octanol–water partition coefficient (Wildman–Crippen LogP) is 2.70. The standard InChI is InChI=1S/C5H4F7/c1-3(7,8)5(11,12)4(9,10)2-6/h1-2H2. The third kappa shape index (κ3) is 1.64. The molecule has 0 saturated heterocycles. The Labute approximate surface area is 63.4 Å². The lowest BCUT2D eigenvalue weighted by molar-refractivity contribution is -0.296. The fourth-order valence-electron chi connectivity index (χ4n) is 0.351. The van der Waals surface area contributed by atoms with Crippen molar-refractivity contribution in [3.05, 3.63) is 6.92 Å². The topological polar surface area (TPSA) is 0 Å². The Morgan fingerprint density at radius 3 is 1.33 bits per heavy atom. The minimum atomic E-state index is -5.77. The largest absolute Gasteiger partial charge is 0.374 e. The number of alkyl halides is 7. The van der Waals surface area contributed by atoms with Crippen molar-refractivity contribution in [2.75, 3.05) is 6.67 Å². The Morgan fingerprint density at radius 2 is 1.25 bits per heavy atom. The van der Waals surface area contributed by atoms with Crippen LogP contribution in [0, 0.1) is 6.92 Å². The molecule has 0 aromatic heterocycles. The van der Waals surface area contributed by atoms with E-state index in [1.54, 1.807) is 0 Å². The molecule has 12 heavy (non-hydrogen) atoms. The Balaban J connectivity index is 4.85. The zero-order valence-electron chi connectivity index (χ0n) is 5.56. The van der Waals surface area contributed by atoms with E-state index in [2.05, 4.69) is 0 Å². The van der Waals surface area contributed by atoms with E-state index in [1.807, 2.05) is 0 Å². The van der Waals surface area contributed by atoms with Gasteiger partial charge in [-0.15, -0.1) is 0 Å². The molecule has 0 spiro atoms. The second-order valence-corrected chi connectivity index (χ2v) is 2.12. The lowest BCUT2D eigenvalue weighted by Crippen LogP contribution is -2.53. The summed E-state index contributed by atoms with van der Waals surface area (Å²) in [5.41, 5.74) is 0. The molecule has 0 aliphatic carbocycles. The normalized spacial score (nSPS) is 15.0. The third-order valence-corrected chi connectivity index (χ3v) is 1.09. The van der Waals surface area contributed by atoms with E-state index in [0.717, 1.165) is 0 Å². The van der Waals surface area contributed by atoms with Gasteiger partial charge in [0.1, 0.15) is 0 Å². The third-order valence-electron chi connectivity index (χ3n) is 1.09. The molecule has 0 saturated carbocycles. The first-order valence-electron chi connectivity index (χ1n) is 2.61. The molecule has 73 valence electrons. The molecule has 0 N–H and O–H groups in total. The first-order chi connectivity index (χ1) is 5.06. The molecule has 0 bridgehead atoms. The lowest BCUT2D eigenvalue weighted by Gasteiger charge is -2.28. The molecular weight excluding hydrogens is 193 g/mol. The molecular formula is C5H4F7. The number of rotatable bonds is 3. The molecule has 0 rings (SSSR count). The van der Waals surface area contributed by atoms with Gasteiger partial charge in [0.2, 0.25) is 0 Å². The highest BCUT2D eigenvalue weighted by molar-refractivity contribution is 4.97.